The van der Waals surface area contributed by atoms with Crippen molar-refractivity contribution in [1.29, 1.82) is 0 Å². The summed E-state index contributed by atoms with van der Waals surface area (Å²) in [5, 5.41) is 2.39. The molecule has 6 nitrogen and oxygen atoms in total. The fourth-order valence-electron chi connectivity index (χ4n) is 3.76. The van der Waals surface area contributed by atoms with E-state index in [0.717, 1.165) is 18.6 Å². The highest BCUT2D eigenvalue weighted by Crippen LogP contribution is 2.33. The zero-order valence-corrected chi connectivity index (χ0v) is 19.6. The Hall–Kier alpha value is -2.53. The summed E-state index contributed by atoms with van der Waals surface area (Å²) in [5.41, 5.74) is 0.185. The van der Waals surface area contributed by atoms with E-state index in [0.29, 0.717) is 53.8 Å². The van der Waals surface area contributed by atoms with Gasteiger partial charge < -0.3 is 14.4 Å². The standard InChI is InChI=1S/C22H23F3N4O2S2/c1-2-7-29-17-13-15(22(23,24)25)5-6-16(17)26-21(29)33-14-19(30)27-8-10-28(11-9-27)20(31)18-4-3-12-32-18/h3-6,12-13H,2,7-11,14H2,1H3. The largest absolute Gasteiger partial charge is 0.416 e. The minimum absolute atomic E-state index is 0.0158. The molecule has 2 amide bonds. The van der Waals surface area contributed by atoms with Gasteiger partial charge in [0.25, 0.3) is 5.91 Å². The molecule has 1 fully saturated rings. The van der Waals surface area contributed by atoms with E-state index >= 15 is 0 Å². The van der Waals surface area contributed by atoms with Gasteiger partial charge in [-0.15, -0.1) is 11.3 Å². The van der Waals surface area contributed by atoms with Crippen LogP contribution in [-0.4, -0.2) is 63.1 Å². The summed E-state index contributed by atoms with van der Waals surface area (Å²) in [4.78, 5) is 33.9. The maximum Gasteiger partial charge on any atom is 0.416 e. The fraction of sp³-hybridized carbons (Fsp3) is 0.409. The third-order valence-electron chi connectivity index (χ3n) is 5.46. The van der Waals surface area contributed by atoms with E-state index in [1.165, 1.54) is 29.2 Å². The molecule has 2 aromatic heterocycles. The first-order valence-electron chi connectivity index (χ1n) is 10.6. The number of fused-ring (bicyclic) bond motifs is 1. The van der Waals surface area contributed by atoms with Gasteiger partial charge in [0, 0.05) is 32.7 Å². The van der Waals surface area contributed by atoms with Crippen molar-refractivity contribution in [2.45, 2.75) is 31.2 Å². The number of alkyl halides is 3. The van der Waals surface area contributed by atoms with Crippen LogP contribution in [0.1, 0.15) is 28.6 Å². The van der Waals surface area contributed by atoms with E-state index < -0.39 is 11.7 Å². The van der Waals surface area contributed by atoms with Gasteiger partial charge in [-0.05, 0) is 36.1 Å². The second-order valence-corrected chi connectivity index (χ2v) is 9.58. The topological polar surface area (TPSA) is 58.4 Å². The molecule has 3 heterocycles. The Bertz CT molecular complexity index is 1140. The molecule has 1 aromatic carbocycles. The molecular weight excluding hydrogens is 473 g/mol. The molecule has 3 aromatic rings. The predicted molar refractivity (Wildman–Crippen MR) is 123 cm³/mol. The highest BCUT2D eigenvalue weighted by atomic mass is 32.2. The van der Waals surface area contributed by atoms with Gasteiger partial charge in [0.2, 0.25) is 5.91 Å². The van der Waals surface area contributed by atoms with E-state index in [9.17, 15) is 22.8 Å². The van der Waals surface area contributed by atoms with Gasteiger partial charge in [-0.2, -0.15) is 13.2 Å². The van der Waals surface area contributed by atoms with Crippen molar-refractivity contribution in [2.75, 3.05) is 31.9 Å². The smallest absolute Gasteiger partial charge is 0.338 e. The van der Waals surface area contributed by atoms with E-state index in [2.05, 4.69) is 4.98 Å². The lowest BCUT2D eigenvalue weighted by Crippen LogP contribution is -2.51. The normalized spacial score (nSPS) is 14.8. The fourth-order valence-corrected chi connectivity index (χ4v) is 5.39. The van der Waals surface area contributed by atoms with Crippen LogP contribution in [0.2, 0.25) is 0 Å². The first kappa shape index (κ1) is 23.6. The lowest BCUT2D eigenvalue weighted by molar-refractivity contribution is -0.137. The minimum Gasteiger partial charge on any atom is -0.338 e. The Labute approximate surface area is 197 Å². The average molecular weight is 497 g/mol. The van der Waals surface area contributed by atoms with Crippen LogP contribution in [-0.2, 0) is 17.5 Å². The summed E-state index contributed by atoms with van der Waals surface area (Å²) in [6.07, 6.45) is -3.70. The van der Waals surface area contributed by atoms with Gasteiger partial charge in [0.05, 0.1) is 27.2 Å². The Balaban J connectivity index is 1.40. The highest BCUT2D eigenvalue weighted by molar-refractivity contribution is 7.99. The number of aromatic nitrogens is 2. The molecule has 33 heavy (non-hydrogen) atoms. The number of carbonyl (C=O) groups is 2. The summed E-state index contributed by atoms with van der Waals surface area (Å²) in [5.74, 6) is 0.0465. The number of thioether (sulfide) groups is 1. The van der Waals surface area contributed by atoms with Crippen LogP contribution in [0.3, 0.4) is 0 Å². The van der Waals surface area contributed by atoms with Crippen molar-refractivity contribution in [3.05, 3.63) is 46.2 Å². The Kier molecular flexibility index (Phi) is 6.99. The van der Waals surface area contributed by atoms with Crippen LogP contribution in [0.4, 0.5) is 13.2 Å². The number of nitrogens with zero attached hydrogens (tertiary/aromatic N) is 4. The second-order valence-electron chi connectivity index (χ2n) is 7.69. The van der Waals surface area contributed by atoms with Gasteiger partial charge in [0.1, 0.15) is 0 Å². The lowest BCUT2D eigenvalue weighted by Gasteiger charge is -2.34. The quantitative estimate of drug-likeness (QED) is 0.468. The number of carbonyl (C=O) groups excluding carboxylic acids is 2. The summed E-state index contributed by atoms with van der Waals surface area (Å²) in [6.45, 7) is 4.31. The summed E-state index contributed by atoms with van der Waals surface area (Å²) in [7, 11) is 0. The van der Waals surface area contributed by atoms with E-state index in [1.807, 2.05) is 18.4 Å². The van der Waals surface area contributed by atoms with Gasteiger partial charge in [-0.3, -0.25) is 9.59 Å². The number of imidazole rings is 1. The molecule has 0 radical (unpaired) electrons. The average Bonchev–Trinajstić information content (AvgIpc) is 3.45. The Morgan fingerprint density at radius 2 is 1.85 bits per heavy atom. The van der Waals surface area contributed by atoms with Crippen molar-refractivity contribution in [3.63, 3.8) is 0 Å². The molecule has 0 bridgehead atoms. The van der Waals surface area contributed by atoms with Gasteiger partial charge in [0.15, 0.2) is 5.16 Å². The first-order valence-corrected chi connectivity index (χ1v) is 12.4. The number of rotatable bonds is 6. The van der Waals surface area contributed by atoms with Gasteiger partial charge in [-0.25, -0.2) is 4.98 Å². The molecule has 0 N–H and O–H groups in total. The van der Waals surface area contributed by atoms with Crippen molar-refractivity contribution in [3.8, 4) is 0 Å². The molecule has 1 aliphatic heterocycles. The van der Waals surface area contributed by atoms with Gasteiger partial charge in [-0.1, -0.05) is 24.8 Å². The number of amides is 2. The minimum atomic E-state index is -4.42. The number of thiophene rings is 1. The van der Waals surface area contributed by atoms with Crippen LogP contribution in [0.5, 0.6) is 0 Å². The highest BCUT2D eigenvalue weighted by Gasteiger charge is 2.31. The molecule has 1 aliphatic rings. The lowest BCUT2D eigenvalue weighted by atomic mass is 10.2. The van der Waals surface area contributed by atoms with E-state index in [-0.39, 0.29) is 17.6 Å². The number of hydrogen-bond donors (Lipinski definition) is 0. The maximum absolute atomic E-state index is 13.1. The molecule has 0 atom stereocenters. The first-order chi connectivity index (χ1) is 15.8. The Morgan fingerprint density at radius 1 is 1.12 bits per heavy atom. The molecular formula is C22H23F3N4O2S2. The molecule has 4 rings (SSSR count). The van der Waals surface area contributed by atoms with Crippen molar-refractivity contribution < 1.29 is 22.8 Å². The van der Waals surface area contributed by atoms with Crippen LogP contribution >= 0.6 is 23.1 Å². The maximum atomic E-state index is 13.1. The molecule has 0 unspecified atom stereocenters. The van der Waals surface area contributed by atoms with Crippen LogP contribution in [0.25, 0.3) is 11.0 Å². The third-order valence-corrected chi connectivity index (χ3v) is 7.28. The monoisotopic (exact) mass is 496 g/mol. The van der Waals surface area contributed by atoms with Gasteiger partial charge >= 0.3 is 6.18 Å². The summed E-state index contributed by atoms with van der Waals surface area (Å²) < 4.78 is 41.2. The molecule has 11 heteroatoms. The number of halogens is 3. The summed E-state index contributed by atoms with van der Waals surface area (Å²) in [6, 6.07) is 7.15. The number of aryl methyl sites for hydroxylation is 1. The predicted octanol–water partition coefficient (Wildman–Crippen LogP) is 4.60. The molecule has 0 spiro atoms. The van der Waals surface area contributed by atoms with Crippen molar-refractivity contribution in [1.82, 2.24) is 19.4 Å². The molecule has 176 valence electrons. The number of benzene rings is 1. The zero-order chi connectivity index (χ0) is 23.6. The second kappa shape index (κ2) is 9.76. The third kappa shape index (κ3) is 5.19. The van der Waals surface area contributed by atoms with Crippen LogP contribution in [0.15, 0.2) is 40.9 Å². The van der Waals surface area contributed by atoms with Crippen LogP contribution in [0, 0.1) is 0 Å². The number of piperazine rings is 1. The van der Waals surface area contributed by atoms with E-state index in [4.69, 9.17) is 0 Å². The van der Waals surface area contributed by atoms with E-state index in [1.54, 1.807) is 20.4 Å². The molecule has 1 saturated heterocycles. The number of hydrogen-bond acceptors (Lipinski definition) is 5. The summed E-state index contributed by atoms with van der Waals surface area (Å²) >= 11 is 2.63. The van der Waals surface area contributed by atoms with Crippen molar-refractivity contribution in [2.24, 2.45) is 0 Å². The van der Waals surface area contributed by atoms with Crippen LogP contribution < -0.4 is 0 Å². The molecule has 0 saturated carbocycles. The SMILES string of the molecule is CCCn1c(SCC(=O)N2CCN(C(=O)c3cccs3)CC2)nc2ccc(C(F)(F)F)cc21. The Morgan fingerprint density at radius 3 is 2.48 bits per heavy atom. The van der Waals surface area contributed by atoms with Crippen molar-refractivity contribution >= 4 is 45.9 Å². The zero-order valence-electron chi connectivity index (χ0n) is 18.0. The molecule has 0 aliphatic carbocycles.